The number of para-hydroxylation sites is 1. The van der Waals surface area contributed by atoms with Gasteiger partial charge in [-0.2, -0.15) is 0 Å². The second-order valence-corrected chi connectivity index (χ2v) is 5.33. The summed E-state index contributed by atoms with van der Waals surface area (Å²) in [7, 11) is 0. The molecule has 0 bridgehead atoms. The Hall–Kier alpha value is -1.35. The van der Waals surface area contributed by atoms with Gasteiger partial charge >= 0.3 is 0 Å². The molecule has 1 aromatic rings. The van der Waals surface area contributed by atoms with E-state index in [0.717, 1.165) is 11.3 Å². The molecule has 0 heterocycles. The van der Waals surface area contributed by atoms with E-state index in [2.05, 4.69) is 25.2 Å². The van der Waals surface area contributed by atoms with Gasteiger partial charge in [0.2, 0.25) is 5.91 Å². The molecule has 1 aromatic carbocycles. The van der Waals surface area contributed by atoms with Crippen LogP contribution < -0.4 is 11.1 Å². The van der Waals surface area contributed by atoms with Crippen molar-refractivity contribution in [3.8, 4) is 0 Å². The maximum atomic E-state index is 12.1. The predicted molar refractivity (Wildman–Crippen MR) is 76.7 cm³/mol. The second kappa shape index (κ2) is 6.01. The fourth-order valence-electron chi connectivity index (χ4n) is 1.82. The lowest BCUT2D eigenvalue weighted by Gasteiger charge is -2.20. The predicted octanol–water partition coefficient (Wildman–Crippen LogP) is 3.04. The minimum atomic E-state index is -0.190. The van der Waals surface area contributed by atoms with Crippen LogP contribution in [0.4, 0.5) is 5.69 Å². The van der Waals surface area contributed by atoms with Crippen LogP contribution in [0.1, 0.15) is 44.7 Å². The van der Waals surface area contributed by atoms with Crippen molar-refractivity contribution < 1.29 is 4.79 Å². The van der Waals surface area contributed by atoms with Crippen LogP contribution in [0.15, 0.2) is 18.2 Å². The second-order valence-electron chi connectivity index (χ2n) is 5.33. The van der Waals surface area contributed by atoms with Crippen LogP contribution in [-0.4, -0.2) is 11.9 Å². The lowest BCUT2D eigenvalue weighted by atomic mass is 9.97. The topological polar surface area (TPSA) is 55.1 Å². The molecule has 3 N–H and O–H groups in total. The van der Waals surface area contributed by atoms with Gasteiger partial charge in [0, 0.05) is 11.7 Å². The van der Waals surface area contributed by atoms with Gasteiger partial charge in [0.05, 0.1) is 5.92 Å². The van der Waals surface area contributed by atoms with E-state index in [1.54, 1.807) is 0 Å². The molecule has 1 amide bonds. The van der Waals surface area contributed by atoms with E-state index in [-0.39, 0.29) is 17.9 Å². The SMILES string of the molecule is Cc1cccc(C(C)C)c1NC(=O)C(C)C(C)N. The molecule has 3 heteroatoms. The zero-order chi connectivity index (χ0) is 13.9. The molecular formula is C15H24N2O. The van der Waals surface area contributed by atoms with Gasteiger partial charge in [0.25, 0.3) is 0 Å². The van der Waals surface area contributed by atoms with Crippen molar-refractivity contribution in [1.82, 2.24) is 0 Å². The fourth-order valence-corrected chi connectivity index (χ4v) is 1.82. The summed E-state index contributed by atoms with van der Waals surface area (Å²) in [5.74, 6) is 0.177. The Morgan fingerprint density at radius 3 is 2.33 bits per heavy atom. The number of carbonyl (C=O) groups excluding carboxylic acids is 1. The summed E-state index contributed by atoms with van der Waals surface area (Å²) in [6.07, 6.45) is 0. The van der Waals surface area contributed by atoms with Crippen molar-refractivity contribution in [2.24, 2.45) is 11.7 Å². The third-order valence-corrected chi connectivity index (χ3v) is 3.38. The van der Waals surface area contributed by atoms with Gasteiger partial charge in [-0.3, -0.25) is 4.79 Å². The largest absolute Gasteiger partial charge is 0.327 e. The molecule has 0 aromatic heterocycles. The van der Waals surface area contributed by atoms with Gasteiger partial charge < -0.3 is 11.1 Å². The van der Waals surface area contributed by atoms with Crippen LogP contribution in [-0.2, 0) is 4.79 Å². The first-order valence-corrected chi connectivity index (χ1v) is 6.50. The number of anilines is 1. The van der Waals surface area contributed by atoms with Gasteiger partial charge in [-0.25, -0.2) is 0 Å². The number of aryl methyl sites for hydroxylation is 1. The van der Waals surface area contributed by atoms with E-state index < -0.39 is 0 Å². The number of carbonyl (C=O) groups is 1. The van der Waals surface area contributed by atoms with Crippen LogP contribution in [0, 0.1) is 12.8 Å². The smallest absolute Gasteiger partial charge is 0.228 e. The van der Waals surface area contributed by atoms with Crippen molar-refractivity contribution in [1.29, 1.82) is 0 Å². The molecule has 0 saturated carbocycles. The van der Waals surface area contributed by atoms with Gasteiger partial charge in [-0.1, -0.05) is 39.0 Å². The van der Waals surface area contributed by atoms with E-state index >= 15 is 0 Å². The van der Waals surface area contributed by atoms with Crippen molar-refractivity contribution >= 4 is 11.6 Å². The number of hydrogen-bond acceptors (Lipinski definition) is 2. The fraction of sp³-hybridized carbons (Fsp3) is 0.533. The molecule has 0 aliphatic carbocycles. The van der Waals surface area contributed by atoms with E-state index in [4.69, 9.17) is 5.73 Å². The summed E-state index contributed by atoms with van der Waals surface area (Å²) >= 11 is 0. The normalized spacial score (nSPS) is 14.4. The number of amides is 1. The Morgan fingerprint density at radius 2 is 1.83 bits per heavy atom. The van der Waals surface area contributed by atoms with E-state index in [9.17, 15) is 4.79 Å². The van der Waals surface area contributed by atoms with Crippen molar-refractivity contribution in [3.63, 3.8) is 0 Å². The van der Waals surface area contributed by atoms with Crippen LogP contribution in [0.3, 0.4) is 0 Å². The first-order valence-electron chi connectivity index (χ1n) is 6.50. The Balaban J connectivity index is 3.00. The number of rotatable bonds is 4. The minimum absolute atomic E-state index is 0.0128. The minimum Gasteiger partial charge on any atom is -0.327 e. The Kier molecular flexibility index (Phi) is 4.91. The highest BCUT2D eigenvalue weighted by Gasteiger charge is 2.19. The van der Waals surface area contributed by atoms with Gasteiger partial charge in [0.15, 0.2) is 0 Å². The first-order chi connectivity index (χ1) is 8.34. The molecule has 0 aliphatic heterocycles. The van der Waals surface area contributed by atoms with Crippen molar-refractivity contribution in [2.75, 3.05) is 5.32 Å². The maximum Gasteiger partial charge on any atom is 0.228 e. The molecule has 2 atom stereocenters. The highest BCUT2D eigenvalue weighted by Crippen LogP contribution is 2.27. The molecule has 2 unspecified atom stereocenters. The van der Waals surface area contributed by atoms with E-state index in [1.807, 2.05) is 32.9 Å². The molecule has 0 fully saturated rings. The molecule has 0 radical (unpaired) electrons. The van der Waals surface area contributed by atoms with Gasteiger partial charge in [-0.15, -0.1) is 0 Å². The summed E-state index contributed by atoms with van der Waals surface area (Å²) < 4.78 is 0. The molecule has 3 nitrogen and oxygen atoms in total. The lowest BCUT2D eigenvalue weighted by Crippen LogP contribution is -2.34. The molecule has 0 spiro atoms. The van der Waals surface area contributed by atoms with Crippen LogP contribution in [0.25, 0.3) is 0 Å². The Morgan fingerprint density at radius 1 is 1.22 bits per heavy atom. The molecule has 0 aliphatic rings. The quantitative estimate of drug-likeness (QED) is 0.860. The molecule has 0 saturated heterocycles. The zero-order valence-electron chi connectivity index (χ0n) is 11.9. The molecule has 1 rings (SSSR count). The average Bonchev–Trinajstić information content (AvgIpc) is 2.30. The summed E-state index contributed by atoms with van der Waals surface area (Å²) in [5.41, 5.74) is 8.96. The molecule has 18 heavy (non-hydrogen) atoms. The third-order valence-electron chi connectivity index (χ3n) is 3.38. The van der Waals surface area contributed by atoms with Crippen molar-refractivity contribution in [3.05, 3.63) is 29.3 Å². The standard InChI is InChI=1S/C15H24N2O/c1-9(2)13-8-6-7-10(3)14(13)17-15(18)11(4)12(5)16/h6-9,11-12H,16H2,1-5H3,(H,17,18). The van der Waals surface area contributed by atoms with E-state index in [0.29, 0.717) is 5.92 Å². The van der Waals surface area contributed by atoms with Gasteiger partial charge in [0.1, 0.15) is 0 Å². The monoisotopic (exact) mass is 248 g/mol. The Bertz CT molecular complexity index is 425. The summed E-state index contributed by atoms with van der Waals surface area (Å²) in [5, 5.41) is 3.02. The third kappa shape index (κ3) is 3.33. The van der Waals surface area contributed by atoms with Gasteiger partial charge in [-0.05, 0) is 30.9 Å². The lowest BCUT2D eigenvalue weighted by molar-refractivity contribution is -0.119. The molecule has 100 valence electrons. The highest BCUT2D eigenvalue weighted by atomic mass is 16.1. The number of hydrogen-bond donors (Lipinski definition) is 2. The number of benzene rings is 1. The summed E-state index contributed by atoms with van der Waals surface area (Å²) in [4.78, 5) is 12.1. The maximum absolute atomic E-state index is 12.1. The molecular weight excluding hydrogens is 224 g/mol. The average molecular weight is 248 g/mol. The van der Waals surface area contributed by atoms with E-state index in [1.165, 1.54) is 5.56 Å². The van der Waals surface area contributed by atoms with Crippen molar-refractivity contribution in [2.45, 2.75) is 46.6 Å². The number of nitrogens with two attached hydrogens (primary N) is 1. The zero-order valence-corrected chi connectivity index (χ0v) is 11.9. The highest BCUT2D eigenvalue weighted by molar-refractivity contribution is 5.94. The summed E-state index contributed by atoms with van der Waals surface area (Å²) in [6.45, 7) is 9.97. The van der Waals surface area contributed by atoms with Crippen LogP contribution in [0.2, 0.25) is 0 Å². The van der Waals surface area contributed by atoms with Crippen LogP contribution in [0.5, 0.6) is 0 Å². The summed E-state index contributed by atoms with van der Waals surface area (Å²) in [6, 6.07) is 5.95. The number of nitrogens with one attached hydrogen (secondary N) is 1. The Labute approximate surface area is 110 Å². The first kappa shape index (κ1) is 14.7. The van der Waals surface area contributed by atoms with Crippen LogP contribution >= 0.6 is 0 Å².